The zero-order chi connectivity index (χ0) is 15.0. The van der Waals surface area contributed by atoms with Crippen LogP contribution < -0.4 is 9.80 Å². The van der Waals surface area contributed by atoms with E-state index in [1.54, 1.807) is 0 Å². The van der Waals surface area contributed by atoms with Crippen LogP contribution in [0.1, 0.15) is 12.8 Å². The summed E-state index contributed by atoms with van der Waals surface area (Å²) in [6.45, 7) is 8.09. The van der Waals surface area contributed by atoms with Crippen LogP contribution in [-0.4, -0.2) is 34.3 Å². The van der Waals surface area contributed by atoms with Gasteiger partial charge in [-0.1, -0.05) is 13.1 Å². The normalized spacial score (nSPS) is 21.9. The van der Waals surface area contributed by atoms with Crippen molar-refractivity contribution in [2.45, 2.75) is 38.0 Å². The molecule has 0 amide bonds. The van der Waals surface area contributed by atoms with Gasteiger partial charge in [0.1, 0.15) is 5.69 Å². The lowest BCUT2D eigenvalue weighted by molar-refractivity contribution is 0.570. The average Bonchev–Trinajstić information content (AvgIpc) is 2.93. The summed E-state index contributed by atoms with van der Waals surface area (Å²) < 4.78 is 28.9. The van der Waals surface area contributed by atoms with Gasteiger partial charge in [-0.05, 0) is 37.1 Å². The van der Waals surface area contributed by atoms with Crippen molar-refractivity contribution in [2.24, 2.45) is 0 Å². The van der Waals surface area contributed by atoms with Gasteiger partial charge in [0.15, 0.2) is 11.6 Å². The molecule has 0 aromatic heterocycles. The summed E-state index contributed by atoms with van der Waals surface area (Å²) in [5.41, 5.74) is 0.875. The largest absolute Gasteiger partial charge is 0.371 e. The molecule has 116 valence electrons. The van der Waals surface area contributed by atoms with E-state index in [0.29, 0.717) is 5.69 Å². The van der Waals surface area contributed by atoms with Gasteiger partial charge in [0, 0.05) is 31.9 Å². The zero-order valence-electron chi connectivity index (χ0n) is 13.0. The molecule has 0 bridgehead atoms. The quantitative estimate of drug-likeness (QED) is 0.759. The highest BCUT2D eigenvalue weighted by Gasteiger charge is 2.30. The van der Waals surface area contributed by atoms with Gasteiger partial charge in [-0.3, -0.25) is 0 Å². The lowest BCUT2D eigenvalue weighted by atomic mass is 10.2. The van der Waals surface area contributed by atoms with Gasteiger partial charge in [0.05, 0.1) is 8.07 Å². The van der Waals surface area contributed by atoms with Crippen LogP contribution >= 0.6 is 0 Å². The van der Waals surface area contributed by atoms with Crippen LogP contribution in [0.2, 0.25) is 25.2 Å². The minimum Gasteiger partial charge on any atom is -0.371 e. The first-order valence-corrected chi connectivity index (χ1v) is 11.4. The van der Waals surface area contributed by atoms with Crippen LogP contribution in [0.15, 0.2) is 12.1 Å². The highest BCUT2D eigenvalue weighted by Crippen LogP contribution is 2.33. The van der Waals surface area contributed by atoms with Crippen LogP contribution in [-0.2, 0) is 0 Å². The molecule has 0 spiro atoms. The monoisotopic (exact) mass is 310 g/mol. The molecular weight excluding hydrogens is 286 g/mol. The van der Waals surface area contributed by atoms with Crippen LogP contribution in [0.3, 0.4) is 0 Å². The Labute approximate surface area is 126 Å². The lowest BCUT2D eigenvalue weighted by Gasteiger charge is -2.37. The SMILES string of the molecule is C[Si]1(C)CCN(c2c(F)cc(N3CCCC3)cc2F)CC1. The summed E-state index contributed by atoms with van der Waals surface area (Å²) in [6.07, 6.45) is 2.22. The predicted molar refractivity (Wildman–Crippen MR) is 87.1 cm³/mol. The van der Waals surface area contributed by atoms with E-state index in [-0.39, 0.29) is 5.69 Å². The third-order valence-electron chi connectivity index (χ3n) is 4.91. The summed E-state index contributed by atoms with van der Waals surface area (Å²) in [7, 11) is -1.13. The predicted octanol–water partition coefficient (Wildman–Crippen LogP) is 4.09. The van der Waals surface area contributed by atoms with E-state index in [4.69, 9.17) is 0 Å². The fraction of sp³-hybridized carbons (Fsp3) is 0.625. The van der Waals surface area contributed by atoms with Gasteiger partial charge < -0.3 is 9.80 Å². The van der Waals surface area contributed by atoms with E-state index in [0.717, 1.165) is 51.1 Å². The fourth-order valence-corrected chi connectivity index (χ4v) is 5.35. The number of hydrogen-bond acceptors (Lipinski definition) is 2. The molecule has 21 heavy (non-hydrogen) atoms. The van der Waals surface area contributed by atoms with Gasteiger partial charge in [-0.15, -0.1) is 0 Å². The standard InChI is InChI=1S/C16H24F2N2Si/c1-21(2)9-7-20(8-10-21)16-14(17)11-13(12-15(16)18)19-5-3-4-6-19/h11-12H,3-10H2,1-2H3. The van der Waals surface area contributed by atoms with Crippen molar-refractivity contribution < 1.29 is 8.78 Å². The molecule has 0 unspecified atom stereocenters. The molecular formula is C16H24F2N2Si. The first-order chi connectivity index (χ1) is 9.96. The number of rotatable bonds is 2. The maximum Gasteiger partial charge on any atom is 0.151 e. The average molecular weight is 310 g/mol. The number of hydrogen-bond donors (Lipinski definition) is 0. The van der Waals surface area contributed by atoms with E-state index < -0.39 is 19.7 Å². The van der Waals surface area contributed by atoms with E-state index in [1.165, 1.54) is 12.1 Å². The van der Waals surface area contributed by atoms with Crippen molar-refractivity contribution in [3.63, 3.8) is 0 Å². The molecule has 5 heteroatoms. The van der Waals surface area contributed by atoms with Crippen molar-refractivity contribution in [3.05, 3.63) is 23.8 Å². The fourth-order valence-electron chi connectivity index (χ4n) is 3.35. The second-order valence-corrected chi connectivity index (χ2v) is 12.4. The molecule has 2 aliphatic heterocycles. The third kappa shape index (κ3) is 3.07. The molecule has 2 nitrogen and oxygen atoms in total. The summed E-state index contributed by atoms with van der Waals surface area (Å²) in [5, 5.41) is 0. The molecule has 2 saturated heterocycles. The van der Waals surface area contributed by atoms with Crippen LogP contribution in [0, 0.1) is 11.6 Å². The molecule has 1 aromatic carbocycles. The van der Waals surface area contributed by atoms with Crippen LogP contribution in [0.5, 0.6) is 0 Å². The Morgan fingerprint density at radius 3 is 1.90 bits per heavy atom. The van der Waals surface area contributed by atoms with E-state index in [1.807, 2.05) is 4.90 Å². The summed E-state index contributed by atoms with van der Waals surface area (Å²) in [4.78, 5) is 3.97. The minimum absolute atomic E-state index is 0.183. The van der Waals surface area contributed by atoms with Crippen molar-refractivity contribution in [3.8, 4) is 0 Å². The van der Waals surface area contributed by atoms with Crippen molar-refractivity contribution in [1.82, 2.24) is 0 Å². The Kier molecular flexibility index (Phi) is 3.95. The van der Waals surface area contributed by atoms with Crippen molar-refractivity contribution in [1.29, 1.82) is 0 Å². The molecule has 0 saturated carbocycles. The van der Waals surface area contributed by atoms with Crippen LogP contribution in [0.4, 0.5) is 20.2 Å². The number of anilines is 2. The van der Waals surface area contributed by atoms with Crippen molar-refractivity contribution >= 4 is 19.4 Å². The minimum atomic E-state index is -1.13. The maximum atomic E-state index is 14.4. The third-order valence-corrected chi connectivity index (χ3v) is 8.06. The second kappa shape index (κ2) is 5.59. The van der Waals surface area contributed by atoms with Gasteiger partial charge in [-0.2, -0.15) is 0 Å². The summed E-state index contributed by atoms with van der Waals surface area (Å²) in [5.74, 6) is -0.809. The number of benzene rings is 1. The van der Waals surface area contributed by atoms with E-state index in [9.17, 15) is 8.78 Å². The Balaban J connectivity index is 1.83. The molecule has 0 aliphatic carbocycles. The molecule has 0 N–H and O–H groups in total. The highest BCUT2D eigenvalue weighted by molar-refractivity contribution is 6.77. The van der Waals surface area contributed by atoms with E-state index in [2.05, 4.69) is 18.0 Å². The number of halogens is 2. The smallest absolute Gasteiger partial charge is 0.151 e. The zero-order valence-corrected chi connectivity index (χ0v) is 14.0. The topological polar surface area (TPSA) is 6.48 Å². The summed E-state index contributed by atoms with van der Waals surface area (Å²) in [6, 6.07) is 5.25. The second-order valence-electron chi connectivity index (χ2n) is 7.10. The summed E-state index contributed by atoms with van der Waals surface area (Å²) >= 11 is 0. The molecule has 0 radical (unpaired) electrons. The molecule has 2 aliphatic rings. The van der Waals surface area contributed by atoms with Gasteiger partial charge in [0.25, 0.3) is 0 Å². The highest BCUT2D eigenvalue weighted by atomic mass is 28.3. The molecule has 3 rings (SSSR count). The molecule has 1 aromatic rings. The van der Waals surface area contributed by atoms with Crippen molar-refractivity contribution in [2.75, 3.05) is 36.0 Å². The Hall–Kier alpha value is -1.10. The van der Waals surface area contributed by atoms with Gasteiger partial charge in [-0.25, -0.2) is 8.78 Å². The van der Waals surface area contributed by atoms with Crippen LogP contribution in [0.25, 0.3) is 0 Å². The Bertz CT molecular complexity index is 494. The molecule has 0 atom stereocenters. The first kappa shape index (κ1) is 14.8. The first-order valence-electron chi connectivity index (χ1n) is 7.95. The van der Waals surface area contributed by atoms with Gasteiger partial charge >= 0.3 is 0 Å². The lowest BCUT2D eigenvalue weighted by Crippen LogP contribution is -2.43. The van der Waals surface area contributed by atoms with E-state index >= 15 is 0 Å². The van der Waals surface area contributed by atoms with Gasteiger partial charge in [0.2, 0.25) is 0 Å². The Morgan fingerprint density at radius 1 is 0.857 bits per heavy atom. The molecule has 2 fully saturated rings. The number of nitrogens with zero attached hydrogens (tertiary/aromatic N) is 2. The molecule has 2 heterocycles. The Morgan fingerprint density at radius 2 is 1.38 bits per heavy atom. The maximum absolute atomic E-state index is 14.4.